The largest absolute Gasteiger partial charge is 0.508 e. The van der Waals surface area contributed by atoms with Gasteiger partial charge in [-0.2, -0.15) is 0 Å². The number of nitrogens with one attached hydrogen (secondary N) is 1. The Kier molecular flexibility index (Phi) is 8.11. The van der Waals surface area contributed by atoms with Gasteiger partial charge in [-0.05, 0) is 72.5 Å². The van der Waals surface area contributed by atoms with Crippen molar-refractivity contribution in [3.8, 4) is 5.75 Å². The summed E-state index contributed by atoms with van der Waals surface area (Å²) >= 11 is 0. The molecule has 0 spiro atoms. The number of hydrogen-bond donors (Lipinski definition) is 4. The Morgan fingerprint density at radius 3 is 1.74 bits per heavy atom. The number of phenolic OH excluding ortho intramolecular Hbond substituents is 1. The van der Waals surface area contributed by atoms with Crippen molar-refractivity contribution in [1.82, 2.24) is 0 Å². The third-order valence-corrected chi connectivity index (χ3v) is 6.08. The third kappa shape index (κ3) is 6.53. The molecule has 9 heteroatoms. The number of para-hydroxylation sites is 2. The maximum atomic E-state index is 12.3. The van der Waals surface area contributed by atoms with Crippen molar-refractivity contribution in [2.45, 2.75) is 19.8 Å². The standard InChI is InChI=1S/C30H29N5O4/c1-20(36)33-27-7-2-3-8-28(27)35(30(32)39)24-17-13-22(14-18-24)10-9-21-11-15-23(16-12-21)34(29(31)38)25-5-4-6-26(37)19-25/h2-8,11-19,37H,9-10H2,1H3,(H2,31,38)(H2,32,39)(H,33,36). The molecule has 5 amide bonds. The van der Waals surface area contributed by atoms with Gasteiger partial charge < -0.3 is 21.9 Å². The van der Waals surface area contributed by atoms with E-state index in [0.717, 1.165) is 24.0 Å². The van der Waals surface area contributed by atoms with E-state index in [1.165, 1.54) is 28.9 Å². The molecule has 6 N–H and O–H groups in total. The molecule has 0 bridgehead atoms. The van der Waals surface area contributed by atoms with Crippen molar-refractivity contribution < 1.29 is 19.5 Å². The van der Waals surface area contributed by atoms with Crippen LogP contribution in [-0.4, -0.2) is 23.1 Å². The molecule has 0 unspecified atom stereocenters. The number of benzene rings is 4. The van der Waals surface area contributed by atoms with E-state index in [4.69, 9.17) is 11.5 Å². The number of primary amides is 2. The van der Waals surface area contributed by atoms with Crippen molar-refractivity contribution in [2.75, 3.05) is 15.1 Å². The number of carbonyl (C=O) groups is 3. The predicted octanol–water partition coefficient (Wildman–Crippen LogP) is 5.57. The number of urea groups is 2. The molecule has 39 heavy (non-hydrogen) atoms. The molecule has 9 nitrogen and oxygen atoms in total. The summed E-state index contributed by atoms with van der Waals surface area (Å²) in [5.74, 6) is -0.214. The maximum absolute atomic E-state index is 12.3. The second kappa shape index (κ2) is 11.8. The van der Waals surface area contributed by atoms with E-state index in [-0.39, 0.29) is 11.7 Å². The van der Waals surface area contributed by atoms with Crippen molar-refractivity contribution in [1.29, 1.82) is 0 Å². The number of aryl methyl sites for hydroxylation is 2. The summed E-state index contributed by atoms with van der Waals surface area (Å²) in [6.45, 7) is 1.40. The Balaban J connectivity index is 1.46. The van der Waals surface area contributed by atoms with Gasteiger partial charge in [0.1, 0.15) is 5.75 Å². The first-order valence-corrected chi connectivity index (χ1v) is 12.3. The molecule has 0 aliphatic heterocycles. The molecular weight excluding hydrogens is 494 g/mol. The first-order chi connectivity index (χ1) is 18.7. The molecule has 4 rings (SSSR count). The molecule has 0 aromatic heterocycles. The maximum Gasteiger partial charge on any atom is 0.323 e. The molecule has 4 aromatic rings. The summed E-state index contributed by atoms with van der Waals surface area (Å²) < 4.78 is 0. The number of nitrogens with zero attached hydrogens (tertiary/aromatic N) is 2. The SMILES string of the molecule is CC(=O)Nc1ccccc1N(C(N)=O)c1ccc(CCc2ccc(N(C(N)=O)c3cccc(O)c3)cc2)cc1. The van der Waals surface area contributed by atoms with Gasteiger partial charge in [0, 0.05) is 13.0 Å². The van der Waals surface area contributed by atoms with Gasteiger partial charge in [-0.15, -0.1) is 0 Å². The van der Waals surface area contributed by atoms with Gasteiger partial charge in [0.05, 0.1) is 28.4 Å². The number of amides is 5. The Hall–Kier alpha value is -5.31. The third-order valence-electron chi connectivity index (χ3n) is 6.08. The minimum atomic E-state index is -0.670. The van der Waals surface area contributed by atoms with E-state index in [9.17, 15) is 19.5 Å². The number of carbonyl (C=O) groups excluding carboxylic acids is 3. The van der Waals surface area contributed by atoms with Crippen LogP contribution >= 0.6 is 0 Å². The smallest absolute Gasteiger partial charge is 0.323 e. The fourth-order valence-electron chi connectivity index (χ4n) is 4.30. The van der Waals surface area contributed by atoms with Crippen LogP contribution in [0, 0.1) is 0 Å². The first kappa shape index (κ1) is 26.7. The summed E-state index contributed by atoms with van der Waals surface area (Å²) in [5, 5.41) is 12.5. The molecule has 0 saturated heterocycles. The van der Waals surface area contributed by atoms with Crippen LogP contribution in [0.15, 0.2) is 97.1 Å². The molecule has 0 saturated carbocycles. The lowest BCUT2D eigenvalue weighted by atomic mass is 10.0. The summed E-state index contributed by atoms with van der Waals surface area (Å²) in [7, 11) is 0. The number of nitrogens with two attached hydrogens (primary N) is 2. The van der Waals surface area contributed by atoms with E-state index in [1.807, 2.05) is 48.5 Å². The lowest BCUT2D eigenvalue weighted by molar-refractivity contribution is -0.114. The molecule has 0 aliphatic rings. The van der Waals surface area contributed by atoms with Gasteiger partial charge >= 0.3 is 12.1 Å². The second-order valence-electron chi connectivity index (χ2n) is 8.90. The monoisotopic (exact) mass is 523 g/mol. The van der Waals surface area contributed by atoms with Crippen LogP contribution in [0.1, 0.15) is 18.1 Å². The van der Waals surface area contributed by atoms with Gasteiger partial charge in [-0.3, -0.25) is 14.6 Å². The van der Waals surface area contributed by atoms with Crippen LogP contribution in [0.25, 0.3) is 0 Å². The van der Waals surface area contributed by atoms with Gasteiger partial charge in [0.2, 0.25) is 5.91 Å². The van der Waals surface area contributed by atoms with E-state index in [0.29, 0.717) is 28.4 Å². The lowest BCUT2D eigenvalue weighted by Crippen LogP contribution is -2.32. The Morgan fingerprint density at radius 2 is 1.23 bits per heavy atom. The van der Waals surface area contributed by atoms with Crippen LogP contribution in [0.3, 0.4) is 0 Å². The quantitative estimate of drug-likeness (QED) is 0.239. The van der Waals surface area contributed by atoms with Crippen molar-refractivity contribution in [3.63, 3.8) is 0 Å². The number of rotatable bonds is 8. The number of phenols is 1. The number of hydrogen-bond acceptors (Lipinski definition) is 4. The normalized spacial score (nSPS) is 10.5. The summed E-state index contributed by atoms with van der Waals surface area (Å²) in [6, 6.07) is 26.9. The number of anilines is 5. The van der Waals surface area contributed by atoms with Crippen molar-refractivity contribution in [2.24, 2.45) is 11.5 Å². The molecule has 0 radical (unpaired) electrons. The van der Waals surface area contributed by atoms with Crippen LogP contribution in [0.4, 0.5) is 38.0 Å². The number of aromatic hydroxyl groups is 1. The van der Waals surface area contributed by atoms with Crippen LogP contribution in [0.2, 0.25) is 0 Å². The zero-order valence-corrected chi connectivity index (χ0v) is 21.4. The van der Waals surface area contributed by atoms with Crippen molar-refractivity contribution >= 4 is 46.4 Å². The Morgan fingerprint density at radius 1 is 0.692 bits per heavy atom. The average Bonchev–Trinajstić information content (AvgIpc) is 2.90. The highest BCUT2D eigenvalue weighted by atomic mass is 16.3. The fraction of sp³-hybridized carbons (Fsp3) is 0.100. The molecule has 0 fully saturated rings. The van der Waals surface area contributed by atoms with E-state index in [1.54, 1.807) is 36.4 Å². The summed E-state index contributed by atoms with van der Waals surface area (Å²) in [4.78, 5) is 38.7. The molecule has 0 heterocycles. The van der Waals surface area contributed by atoms with E-state index >= 15 is 0 Å². The lowest BCUT2D eigenvalue weighted by Gasteiger charge is -2.23. The zero-order valence-electron chi connectivity index (χ0n) is 21.4. The van der Waals surface area contributed by atoms with Crippen LogP contribution in [0.5, 0.6) is 5.75 Å². The van der Waals surface area contributed by atoms with Gasteiger partial charge in [-0.1, -0.05) is 42.5 Å². The summed E-state index contributed by atoms with van der Waals surface area (Å²) in [5.41, 5.74) is 16.0. The van der Waals surface area contributed by atoms with E-state index in [2.05, 4.69) is 5.32 Å². The molecule has 4 aromatic carbocycles. The van der Waals surface area contributed by atoms with Gasteiger partial charge in [0.15, 0.2) is 0 Å². The highest BCUT2D eigenvalue weighted by molar-refractivity contribution is 6.04. The fourth-order valence-corrected chi connectivity index (χ4v) is 4.30. The predicted molar refractivity (Wildman–Crippen MR) is 153 cm³/mol. The summed E-state index contributed by atoms with van der Waals surface area (Å²) in [6.07, 6.45) is 1.48. The zero-order chi connectivity index (χ0) is 27.9. The molecule has 0 atom stereocenters. The topological polar surface area (TPSA) is 142 Å². The van der Waals surface area contributed by atoms with Crippen LogP contribution in [-0.2, 0) is 17.6 Å². The molecular formula is C30H29N5O4. The Labute approximate surface area is 226 Å². The molecule has 198 valence electrons. The van der Waals surface area contributed by atoms with Crippen molar-refractivity contribution in [3.05, 3.63) is 108 Å². The highest BCUT2D eigenvalue weighted by Gasteiger charge is 2.19. The van der Waals surface area contributed by atoms with E-state index < -0.39 is 12.1 Å². The highest BCUT2D eigenvalue weighted by Crippen LogP contribution is 2.32. The minimum Gasteiger partial charge on any atom is -0.508 e. The average molecular weight is 524 g/mol. The van der Waals surface area contributed by atoms with Gasteiger partial charge in [0.25, 0.3) is 0 Å². The second-order valence-corrected chi connectivity index (χ2v) is 8.90. The first-order valence-electron chi connectivity index (χ1n) is 12.3. The van der Waals surface area contributed by atoms with Crippen LogP contribution < -0.4 is 26.6 Å². The van der Waals surface area contributed by atoms with Gasteiger partial charge in [-0.25, -0.2) is 9.59 Å². The minimum absolute atomic E-state index is 0.0391. The Bertz CT molecular complexity index is 1490. The molecule has 0 aliphatic carbocycles.